The number of esters is 1. The van der Waals surface area contributed by atoms with Crippen molar-refractivity contribution < 1.29 is 113 Å². The van der Waals surface area contributed by atoms with Gasteiger partial charge in [-0.05, 0) is 30.7 Å². The molecule has 0 atom stereocenters. The van der Waals surface area contributed by atoms with E-state index in [1.165, 1.54) is 24.3 Å². The molecule has 0 spiro atoms. The first-order valence-corrected chi connectivity index (χ1v) is 9.68. The summed E-state index contributed by atoms with van der Waals surface area (Å²) in [6.07, 6.45) is 0.809. The number of carboxylic acid groups (broad SMARTS) is 4. The van der Waals surface area contributed by atoms with Crippen LogP contribution in [0.2, 0.25) is 0 Å². The van der Waals surface area contributed by atoms with Gasteiger partial charge in [0.2, 0.25) is 0 Å². The van der Waals surface area contributed by atoms with Crippen LogP contribution in [0.25, 0.3) is 0 Å². The summed E-state index contributed by atoms with van der Waals surface area (Å²) in [7, 11) is 0. The molecular weight excluding hydrogens is 490 g/mol. The number of aliphatic carboxylic acids is 4. The zero-order valence-corrected chi connectivity index (χ0v) is 24.0. The van der Waals surface area contributed by atoms with E-state index in [1.807, 2.05) is 6.92 Å². The van der Waals surface area contributed by atoms with Gasteiger partial charge in [-0.3, -0.25) is 19.4 Å². The molecular formula is C20H26N2Na2O11. The normalized spacial score (nSPS) is 9.69. The van der Waals surface area contributed by atoms with Crippen LogP contribution in [0.15, 0.2) is 24.3 Å². The molecule has 35 heavy (non-hydrogen) atoms. The predicted molar refractivity (Wildman–Crippen MR) is 107 cm³/mol. The maximum Gasteiger partial charge on any atom is 1.00 e. The predicted octanol–water partition coefficient (Wildman–Crippen LogP) is -8.77. The van der Waals surface area contributed by atoms with Crippen molar-refractivity contribution in [3.8, 4) is 5.75 Å². The third-order valence-corrected chi connectivity index (χ3v) is 3.70. The smallest absolute Gasteiger partial charge is 0.549 e. The Balaban J connectivity index is -0.000000594. The van der Waals surface area contributed by atoms with Crippen LogP contribution in [0, 0.1) is 0 Å². The number of phenolic OH excluding ortho intramolecular Hbond substituents is 1. The Kier molecular flexibility index (Phi) is 23.3. The fourth-order valence-corrected chi connectivity index (χ4v) is 2.33. The molecule has 0 aliphatic carbocycles. The van der Waals surface area contributed by atoms with Gasteiger partial charge in [-0.15, -0.1) is 0 Å². The van der Waals surface area contributed by atoms with Crippen molar-refractivity contribution in [3.63, 3.8) is 0 Å². The van der Waals surface area contributed by atoms with Crippen molar-refractivity contribution in [2.24, 2.45) is 0 Å². The van der Waals surface area contributed by atoms with E-state index in [0.29, 0.717) is 12.2 Å². The molecule has 0 saturated heterocycles. The van der Waals surface area contributed by atoms with Crippen molar-refractivity contribution in [1.82, 2.24) is 9.80 Å². The van der Waals surface area contributed by atoms with E-state index in [2.05, 4.69) is 0 Å². The minimum atomic E-state index is -1.49. The average Bonchev–Trinajstić information content (AvgIpc) is 2.69. The average molecular weight is 516 g/mol. The summed E-state index contributed by atoms with van der Waals surface area (Å²) in [6.45, 7) is -0.386. The van der Waals surface area contributed by atoms with Crippen molar-refractivity contribution >= 4 is 29.8 Å². The van der Waals surface area contributed by atoms with Crippen molar-refractivity contribution in [1.29, 1.82) is 0 Å². The number of carbonyl (C=O) groups excluding carboxylic acids is 3. The van der Waals surface area contributed by atoms with Crippen LogP contribution in [0.1, 0.15) is 23.7 Å². The van der Waals surface area contributed by atoms with Gasteiger partial charge in [0.05, 0.1) is 37.2 Å². The molecule has 0 unspecified atom stereocenters. The third kappa shape index (κ3) is 21.3. The molecule has 1 aromatic rings. The van der Waals surface area contributed by atoms with E-state index in [9.17, 15) is 34.2 Å². The van der Waals surface area contributed by atoms with Crippen LogP contribution in [0.4, 0.5) is 0 Å². The molecule has 0 saturated carbocycles. The summed E-state index contributed by atoms with van der Waals surface area (Å²) in [6, 6.07) is 5.99. The number of benzene rings is 1. The van der Waals surface area contributed by atoms with Gasteiger partial charge in [0.15, 0.2) is 0 Å². The Morgan fingerprint density at radius 1 is 0.800 bits per heavy atom. The molecule has 0 radical (unpaired) electrons. The Morgan fingerprint density at radius 2 is 1.20 bits per heavy atom. The molecule has 0 bridgehead atoms. The van der Waals surface area contributed by atoms with Gasteiger partial charge in [-0.25, -0.2) is 4.79 Å². The zero-order valence-electron chi connectivity index (χ0n) is 20.0. The van der Waals surface area contributed by atoms with E-state index in [1.54, 1.807) is 0 Å². The van der Waals surface area contributed by atoms with Gasteiger partial charge in [0.1, 0.15) is 5.75 Å². The van der Waals surface area contributed by atoms with E-state index >= 15 is 0 Å². The quantitative estimate of drug-likeness (QED) is 0.155. The van der Waals surface area contributed by atoms with E-state index in [0.717, 1.165) is 16.2 Å². The van der Waals surface area contributed by atoms with E-state index in [-0.39, 0.29) is 83.9 Å². The monoisotopic (exact) mass is 516 g/mol. The van der Waals surface area contributed by atoms with Crippen LogP contribution in [-0.4, -0.2) is 101 Å². The molecule has 184 valence electrons. The number of phenols is 1. The first-order valence-electron chi connectivity index (χ1n) is 9.68. The molecule has 0 aliphatic heterocycles. The van der Waals surface area contributed by atoms with Gasteiger partial charge in [-0.1, -0.05) is 6.92 Å². The number of carboxylic acids is 4. The fraction of sp³-hybridized carbons (Fsp3) is 0.450. The number of aromatic hydroxyl groups is 1. The largest absolute Gasteiger partial charge is 1.00 e. The maximum atomic E-state index is 11.2. The molecule has 0 fully saturated rings. The summed E-state index contributed by atoms with van der Waals surface area (Å²) >= 11 is 0. The van der Waals surface area contributed by atoms with E-state index in [4.69, 9.17) is 20.1 Å². The molecule has 13 nitrogen and oxygen atoms in total. The number of rotatable bonds is 14. The summed E-state index contributed by atoms with van der Waals surface area (Å²) in [5, 5.41) is 47.0. The number of nitrogens with zero attached hydrogens (tertiary/aromatic N) is 2. The number of hydrogen-bond donors (Lipinski definition) is 3. The molecule has 0 amide bonds. The minimum absolute atomic E-state index is 0. The van der Waals surface area contributed by atoms with Crippen LogP contribution < -0.4 is 69.3 Å². The van der Waals surface area contributed by atoms with Gasteiger partial charge in [0.25, 0.3) is 0 Å². The summed E-state index contributed by atoms with van der Waals surface area (Å²) in [5.74, 6) is -5.72. The number of hydrogen-bond acceptors (Lipinski definition) is 11. The van der Waals surface area contributed by atoms with Gasteiger partial charge in [0, 0.05) is 26.2 Å². The number of ether oxygens (including phenoxy) is 1. The first kappa shape index (κ1) is 37.8. The minimum Gasteiger partial charge on any atom is -0.549 e. The van der Waals surface area contributed by atoms with Crippen LogP contribution in [0.5, 0.6) is 5.75 Å². The van der Waals surface area contributed by atoms with Gasteiger partial charge < -0.3 is 39.9 Å². The van der Waals surface area contributed by atoms with Crippen molar-refractivity contribution in [2.45, 2.75) is 13.3 Å². The van der Waals surface area contributed by atoms with Crippen molar-refractivity contribution in [3.05, 3.63) is 29.8 Å². The van der Waals surface area contributed by atoms with Crippen molar-refractivity contribution in [2.75, 3.05) is 45.9 Å². The Bertz CT molecular complexity index is 739. The van der Waals surface area contributed by atoms with E-state index < -0.39 is 50.1 Å². The van der Waals surface area contributed by atoms with Crippen LogP contribution in [0.3, 0.4) is 0 Å². The zero-order chi connectivity index (χ0) is 25.4. The van der Waals surface area contributed by atoms with Crippen LogP contribution >= 0.6 is 0 Å². The molecule has 0 heterocycles. The second-order valence-corrected chi connectivity index (χ2v) is 6.64. The molecule has 0 aliphatic rings. The fourth-order valence-electron chi connectivity index (χ4n) is 2.33. The second-order valence-electron chi connectivity index (χ2n) is 6.64. The topological polar surface area (TPSA) is 208 Å². The first-order chi connectivity index (χ1) is 15.4. The summed E-state index contributed by atoms with van der Waals surface area (Å²) in [4.78, 5) is 55.1. The Hall–Kier alpha value is -1.71. The van der Waals surface area contributed by atoms with Gasteiger partial charge in [-0.2, -0.15) is 0 Å². The third-order valence-electron chi connectivity index (χ3n) is 3.70. The summed E-state index contributed by atoms with van der Waals surface area (Å²) < 4.78 is 4.90. The molecule has 1 rings (SSSR count). The number of carbonyl (C=O) groups is 5. The molecule has 3 N–H and O–H groups in total. The standard InChI is InChI=1S/C10H16N2O8.C10H12O3.2Na/c13-7(14)3-11(4-8(15)16)1-2-12(5-9(17)18)6-10(19)20;1-2-7-13-10(12)8-3-5-9(11)6-4-8;;/h1-6H2,(H,13,14)(H,15,16)(H,17,18)(H,19,20);3-6,11H,2,7H2,1H3;;/q;;2*+1/p-2. The second kappa shape index (κ2) is 21.6. The molecule has 15 heteroatoms. The summed E-state index contributed by atoms with van der Waals surface area (Å²) in [5.41, 5.74) is 0.464. The maximum absolute atomic E-state index is 11.2. The molecule has 1 aromatic carbocycles. The molecule has 0 aromatic heterocycles. The SMILES string of the molecule is CCCOC(=O)c1ccc(O)cc1.O=C([O-])CN(CCN(CC(=O)[O-])CC(=O)O)CC(=O)O.[Na+].[Na+]. The van der Waals surface area contributed by atoms with Gasteiger partial charge >= 0.3 is 77.0 Å². The van der Waals surface area contributed by atoms with Crippen LogP contribution in [-0.2, 0) is 23.9 Å². The Labute approximate surface area is 246 Å². The Morgan fingerprint density at radius 3 is 1.51 bits per heavy atom.